The number of carbonyl (C=O) groups excluding carboxylic acids is 1. The number of methoxy groups -OCH3 is 1. The highest BCUT2D eigenvalue weighted by molar-refractivity contribution is 5.74. The van der Waals surface area contributed by atoms with Crippen LogP contribution in [-0.4, -0.2) is 30.9 Å². The molecule has 0 bridgehead atoms. The standard InChI is InChI=1S/C18H30N2O3/c1-12(2)16(13-7-9-14(23-6)10-8-13)20-17(22)19-11-15(21)18(3,4)5/h7-10,12,15-16,21H,11H2,1-6H3,(H2,19,20,22). The number of carbonyl (C=O) groups is 1. The third-order valence-electron chi connectivity index (χ3n) is 3.88. The summed E-state index contributed by atoms with van der Waals surface area (Å²) in [6.45, 7) is 10.1. The summed E-state index contributed by atoms with van der Waals surface area (Å²) in [5, 5.41) is 15.7. The number of ether oxygens (including phenoxy) is 1. The highest BCUT2D eigenvalue weighted by atomic mass is 16.5. The molecule has 5 nitrogen and oxygen atoms in total. The molecule has 3 N–H and O–H groups in total. The molecule has 1 aromatic carbocycles. The van der Waals surface area contributed by atoms with E-state index in [0.29, 0.717) is 0 Å². The van der Waals surface area contributed by atoms with Gasteiger partial charge in [-0.25, -0.2) is 4.79 Å². The van der Waals surface area contributed by atoms with Crippen LogP contribution in [0.5, 0.6) is 5.75 Å². The lowest BCUT2D eigenvalue weighted by atomic mass is 9.89. The average Bonchev–Trinajstić information content (AvgIpc) is 2.49. The van der Waals surface area contributed by atoms with Gasteiger partial charge < -0.3 is 20.5 Å². The van der Waals surface area contributed by atoms with E-state index >= 15 is 0 Å². The number of rotatable bonds is 6. The van der Waals surface area contributed by atoms with E-state index in [-0.39, 0.29) is 30.0 Å². The fourth-order valence-corrected chi connectivity index (χ4v) is 2.13. The normalized spacial score (nSPS) is 14.3. The Morgan fingerprint density at radius 3 is 2.22 bits per heavy atom. The molecule has 0 radical (unpaired) electrons. The molecule has 0 aliphatic carbocycles. The van der Waals surface area contributed by atoms with Crippen LogP contribution in [0.3, 0.4) is 0 Å². The highest BCUT2D eigenvalue weighted by Gasteiger charge is 2.23. The van der Waals surface area contributed by atoms with Crippen molar-refractivity contribution in [3.8, 4) is 5.75 Å². The molecule has 2 unspecified atom stereocenters. The largest absolute Gasteiger partial charge is 0.497 e. The number of nitrogens with one attached hydrogen (secondary N) is 2. The molecule has 0 aromatic heterocycles. The zero-order chi connectivity index (χ0) is 17.6. The number of aliphatic hydroxyl groups is 1. The molecule has 23 heavy (non-hydrogen) atoms. The Morgan fingerprint density at radius 2 is 1.78 bits per heavy atom. The quantitative estimate of drug-likeness (QED) is 0.753. The maximum atomic E-state index is 12.1. The van der Waals surface area contributed by atoms with E-state index in [1.807, 2.05) is 45.0 Å². The van der Waals surface area contributed by atoms with Crippen LogP contribution in [0.25, 0.3) is 0 Å². The summed E-state index contributed by atoms with van der Waals surface area (Å²) < 4.78 is 5.16. The van der Waals surface area contributed by atoms with Gasteiger partial charge in [-0.05, 0) is 29.0 Å². The average molecular weight is 322 g/mol. The lowest BCUT2D eigenvalue weighted by molar-refractivity contribution is 0.0648. The zero-order valence-electron chi connectivity index (χ0n) is 15.0. The Balaban J connectivity index is 2.66. The predicted molar refractivity (Wildman–Crippen MR) is 92.6 cm³/mol. The Morgan fingerprint density at radius 1 is 1.22 bits per heavy atom. The molecule has 0 saturated carbocycles. The number of benzene rings is 1. The minimum atomic E-state index is -0.591. The van der Waals surface area contributed by atoms with Crippen molar-refractivity contribution in [1.29, 1.82) is 0 Å². The van der Waals surface area contributed by atoms with Crippen molar-refractivity contribution in [2.45, 2.75) is 46.8 Å². The van der Waals surface area contributed by atoms with Crippen LogP contribution in [0.15, 0.2) is 24.3 Å². The van der Waals surface area contributed by atoms with Gasteiger partial charge in [0.05, 0.1) is 19.3 Å². The summed E-state index contributed by atoms with van der Waals surface area (Å²) in [6, 6.07) is 7.29. The summed E-state index contributed by atoms with van der Waals surface area (Å²) in [6.07, 6.45) is -0.591. The Hall–Kier alpha value is -1.75. The van der Waals surface area contributed by atoms with Crippen molar-refractivity contribution < 1.29 is 14.6 Å². The van der Waals surface area contributed by atoms with Gasteiger partial charge in [0, 0.05) is 6.54 Å². The van der Waals surface area contributed by atoms with E-state index in [4.69, 9.17) is 4.74 Å². The van der Waals surface area contributed by atoms with Gasteiger partial charge in [-0.3, -0.25) is 0 Å². The van der Waals surface area contributed by atoms with Crippen molar-refractivity contribution in [3.05, 3.63) is 29.8 Å². The zero-order valence-corrected chi connectivity index (χ0v) is 15.0. The number of urea groups is 1. The second kappa shape index (κ2) is 8.20. The van der Waals surface area contributed by atoms with Gasteiger partial charge in [0.1, 0.15) is 5.75 Å². The molecule has 0 spiro atoms. The van der Waals surface area contributed by atoms with Crippen molar-refractivity contribution in [2.75, 3.05) is 13.7 Å². The second-order valence-corrected chi connectivity index (χ2v) is 7.23. The fraction of sp³-hybridized carbons (Fsp3) is 0.611. The van der Waals surface area contributed by atoms with Crippen molar-refractivity contribution in [3.63, 3.8) is 0 Å². The second-order valence-electron chi connectivity index (χ2n) is 7.23. The van der Waals surface area contributed by atoms with Crippen LogP contribution in [0.1, 0.15) is 46.2 Å². The summed E-state index contributed by atoms with van der Waals surface area (Å²) in [7, 11) is 1.63. The smallest absolute Gasteiger partial charge is 0.315 e. The first-order chi connectivity index (χ1) is 10.6. The Kier molecular flexibility index (Phi) is 6.88. The van der Waals surface area contributed by atoms with Crippen molar-refractivity contribution in [1.82, 2.24) is 10.6 Å². The van der Waals surface area contributed by atoms with Gasteiger partial charge in [0.2, 0.25) is 0 Å². The van der Waals surface area contributed by atoms with Gasteiger partial charge in [-0.1, -0.05) is 46.8 Å². The van der Waals surface area contributed by atoms with E-state index in [1.54, 1.807) is 7.11 Å². The predicted octanol–water partition coefficient (Wildman–Crippen LogP) is 3.10. The molecule has 2 amide bonds. The first kappa shape index (κ1) is 19.3. The molecule has 0 heterocycles. The molecule has 130 valence electrons. The Labute approximate surface area is 139 Å². The molecule has 5 heteroatoms. The first-order valence-electron chi connectivity index (χ1n) is 8.01. The van der Waals surface area contributed by atoms with Crippen LogP contribution in [0, 0.1) is 11.3 Å². The molecular formula is C18H30N2O3. The van der Waals surface area contributed by atoms with Gasteiger partial charge in [0.25, 0.3) is 0 Å². The summed E-state index contributed by atoms with van der Waals surface area (Å²) in [4.78, 5) is 12.1. The van der Waals surface area contributed by atoms with E-state index < -0.39 is 6.10 Å². The number of aliphatic hydroxyl groups excluding tert-OH is 1. The van der Waals surface area contributed by atoms with Crippen LogP contribution >= 0.6 is 0 Å². The molecule has 0 aliphatic heterocycles. The Bertz CT molecular complexity index is 492. The minimum Gasteiger partial charge on any atom is -0.497 e. The molecule has 0 saturated heterocycles. The van der Waals surface area contributed by atoms with Crippen molar-refractivity contribution in [2.24, 2.45) is 11.3 Å². The summed E-state index contributed by atoms with van der Waals surface area (Å²) in [5.74, 6) is 1.02. The van der Waals surface area contributed by atoms with Gasteiger partial charge in [-0.15, -0.1) is 0 Å². The first-order valence-corrected chi connectivity index (χ1v) is 8.01. The van der Waals surface area contributed by atoms with E-state index in [2.05, 4.69) is 24.5 Å². The molecule has 0 aliphatic rings. The molecular weight excluding hydrogens is 292 g/mol. The minimum absolute atomic E-state index is 0.104. The van der Waals surface area contributed by atoms with E-state index in [0.717, 1.165) is 11.3 Å². The van der Waals surface area contributed by atoms with Gasteiger partial charge in [0.15, 0.2) is 0 Å². The monoisotopic (exact) mass is 322 g/mol. The lowest BCUT2D eigenvalue weighted by Crippen LogP contribution is -2.45. The number of amides is 2. The van der Waals surface area contributed by atoms with Crippen LogP contribution < -0.4 is 15.4 Å². The maximum Gasteiger partial charge on any atom is 0.315 e. The third kappa shape index (κ3) is 6.10. The lowest BCUT2D eigenvalue weighted by Gasteiger charge is -2.27. The molecule has 1 aromatic rings. The van der Waals surface area contributed by atoms with E-state index in [1.165, 1.54) is 0 Å². The van der Waals surface area contributed by atoms with Gasteiger partial charge >= 0.3 is 6.03 Å². The highest BCUT2D eigenvalue weighted by Crippen LogP contribution is 2.24. The van der Waals surface area contributed by atoms with Crippen LogP contribution in [-0.2, 0) is 0 Å². The number of hydrogen-bond donors (Lipinski definition) is 3. The summed E-state index contributed by atoms with van der Waals surface area (Å²) >= 11 is 0. The molecule has 1 rings (SSSR count). The van der Waals surface area contributed by atoms with Crippen molar-refractivity contribution >= 4 is 6.03 Å². The maximum absolute atomic E-state index is 12.1. The topological polar surface area (TPSA) is 70.6 Å². The van der Waals surface area contributed by atoms with Crippen LogP contribution in [0.2, 0.25) is 0 Å². The van der Waals surface area contributed by atoms with Gasteiger partial charge in [-0.2, -0.15) is 0 Å². The van der Waals surface area contributed by atoms with E-state index in [9.17, 15) is 9.90 Å². The number of hydrogen-bond acceptors (Lipinski definition) is 3. The SMILES string of the molecule is COc1ccc(C(NC(=O)NCC(O)C(C)(C)C)C(C)C)cc1. The molecule has 2 atom stereocenters. The van der Waals surface area contributed by atoms with Crippen LogP contribution in [0.4, 0.5) is 4.79 Å². The fourth-order valence-electron chi connectivity index (χ4n) is 2.13. The molecule has 0 fully saturated rings. The third-order valence-corrected chi connectivity index (χ3v) is 3.88. The summed E-state index contributed by atoms with van der Waals surface area (Å²) in [5.41, 5.74) is 0.757.